The molecule has 0 saturated carbocycles. The summed E-state index contributed by atoms with van der Waals surface area (Å²) in [5.74, 6) is -0.128. The largest absolute Gasteiger partial charge is 0.405 e. The van der Waals surface area contributed by atoms with Crippen LogP contribution in [0.15, 0.2) is 6.07 Å². The van der Waals surface area contributed by atoms with Gasteiger partial charge in [0.2, 0.25) is 5.95 Å². The quantitative estimate of drug-likeness (QED) is 0.800. The Hall–Kier alpha value is -1.24. The van der Waals surface area contributed by atoms with Crippen LogP contribution in [-0.4, -0.2) is 29.7 Å². The summed E-state index contributed by atoms with van der Waals surface area (Å²) in [5, 5.41) is 0.00604. The van der Waals surface area contributed by atoms with Crippen molar-refractivity contribution < 1.29 is 13.2 Å². The summed E-state index contributed by atoms with van der Waals surface area (Å²) in [4.78, 5) is 8.06. The average Bonchev–Trinajstić information content (AvgIpc) is 1.98. The molecule has 0 spiro atoms. The lowest BCUT2D eigenvalue weighted by Crippen LogP contribution is -2.31. The highest BCUT2D eigenvalue weighted by Crippen LogP contribution is 2.21. The summed E-state index contributed by atoms with van der Waals surface area (Å²) < 4.78 is 36.1. The molecule has 0 aliphatic heterocycles. The molecule has 1 rings (SSSR count). The van der Waals surface area contributed by atoms with Crippen LogP contribution in [0.5, 0.6) is 0 Å². The number of nitrogen functional groups attached to an aromatic ring is 1. The number of anilines is 2. The van der Waals surface area contributed by atoms with Crippen molar-refractivity contribution in [3.63, 3.8) is 0 Å². The second-order valence-electron chi connectivity index (χ2n) is 2.88. The molecule has 4 nitrogen and oxygen atoms in total. The van der Waals surface area contributed by atoms with Crippen molar-refractivity contribution >= 4 is 23.4 Å². The number of nitrogens with two attached hydrogens (primary N) is 1. The first-order valence-electron chi connectivity index (χ1n) is 3.86. The Morgan fingerprint density at radius 1 is 1.47 bits per heavy atom. The maximum Gasteiger partial charge on any atom is 0.405 e. The van der Waals surface area contributed by atoms with Crippen LogP contribution in [-0.2, 0) is 0 Å². The van der Waals surface area contributed by atoms with Gasteiger partial charge in [-0.2, -0.15) is 18.2 Å². The normalized spacial score (nSPS) is 11.5. The SMILES string of the molecule is CN(CC(F)(F)F)c1cc(Cl)nc(N)n1. The lowest BCUT2D eigenvalue weighted by Gasteiger charge is -2.19. The Balaban J connectivity index is 2.86. The highest BCUT2D eigenvalue weighted by atomic mass is 35.5. The fraction of sp³-hybridized carbons (Fsp3) is 0.429. The van der Waals surface area contributed by atoms with E-state index in [2.05, 4.69) is 9.97 Å². The monoisotopic (exact) mass is 240 g/mol. The van der Waals surface area contributed by atoms with E-state index in [0.29, 0.717) is 0 Å². The van der Waals surface area contributed by atoms with Crippen molar-refractivity contribution in [2.24, 2.45) is 0 Å². The molecule has 1 aromatic rings. The smallest absolute Gasteiger partial charge is 0.368 e. The van der Waals surface area contributed by atoms with E-state index in [4.69, 9.17) is 17.3 Å². The zero-order chi connectivity index (χ0) is 11.6. The lowest BCUT2D eigenvalue weighted by molar-refractivity contribution is -0.119. The fourth-order valence-electron chi connectivity index (χ4n) is 0.968. The number of halogens is 4. The molecule has 1 heterocycles. The van der Waals surface area contributed by atoms with Gasteiger partial charge in [-0.25, -0.2) is 4.98 Å². The van der Waals surface area contributed by atoms with E-state index in [9.17, 15) is 13.2 Å². The third kappa shape index (κ3) is 3.78. The van der Waals surface area contributed by atoms with Gasteiger partial charge in [0.05, 0.1) is 0 Å². The van der Waals surface area contributed by atoms with Crippen LogP contribution in [0.2, 0.25) is 5.15 Å². The number of hydrogen-bond acceptors (Lipinski definition) is 4. The van der Waals surface area contributed by atoms with Gasteiger partial charge < -0.3 is 10.6 Å². The minimum Gasteiger partial charge on any atom is -0.368 e. The van der Waals surface area contributed by atoms with Gasteiger partial charge in [0, 0.05) is 13.1 Å². The minimum absolute atomic E-state index is 0.00604. The number of aromatic nitrogens is 2. The summed E-state index contributed by atoms with van der Waals surface area (Å²) in [5.41, 5.74) is 5.25. The molecule has 0 aromatic carbocycles. The van der Waals surface area contributed by atoms with Gasteiger partial charge in [-0.05, 0) is 0 Å². The second kappa shape index (κ2) is 4.09. The molecule has 0 bridgehead atoms. The zero-order valence-electron chi connectivity index (χ0n) is 7.72. The molecular formula is C7H8ClF3N4. The highest BCUT2D eigenvalue weighted by molar-refractivity contribution is 6.29. The average molecular weight is 241 g/mol. The summed E-state index contributed by atoms with van der Waals surface area (Å²) in [7, 11) is 1.24. The summed E-state index contributed by atoms with van der Waals surface area (Å²) >= 11 is 5.53. The molecule has 0 atom stereocenters. The molecule has 0 unspecified atom stereocenters. The van der Waals surface area contributed by atoms with Crippen LogP contribution in [0, 0.1) is 0 Å². The van der Waals surface area contributed by atoms with Crippen molar-refractivity contribution in [1.82, 2.24) is 9.97 Å². The van der Waals surface area contributed by atoms with E-state index in [0.717, 1.165) is 4.90 Å². The van der Waals surface area contributed by atoms with Gasteiger partial charge in [0.1, 0.15) is 17.5 Å². The Morgan fingerprint density at radius 2 is 2.07 bits per heavy atom. The predicted octanol–water partition coefficient (Wildman–Crippen LogP) is 1.71. The first kappa shape index (κ1) is 11.8. The maximum absolute atomic E-state index is 12.0. The molecule has 15 heavy (non-hydrogen) atoms. The zero-order valence-corrected chi connectivity index (χ0v) is 8.47. The minimum atomic E-state index is -4.30. The molecule has 0 saturated heterocycles. The first-order chi connectivity index (χ1) is 6.78. The predicted molar refractivity (Wildman–Crippen MR) is 50.8 cm³/mol. The van der Waals surface area contributed by atoms with Crippen molar-refractivity contribution in [3.8, 4) is 0 Å². The molecule has 1 aromatic heterocycles. The van der Waals surface area contributed by atoms with Crippen molar-refractivity contribution in [2.45, 2.75) is 6.18 Å². The van der Waals surface area contributed by atoms with Crippen LogP contribution in [0.4, 0.5) is 24.9 Å². The summed E-state index contributed by atoms with van der Waals surface area (Å²) in [6, 6.07) is 1.21. The van der Waals surface area contributed by atoms with E-state index in [-0.39, 0.29) is 16.9 Å². The van der Waals surface area contributed by atoms with Crippen LogP contribution < -0.4 is 10.6 Å². The number of hydrogen-bond donors (Lipinski definition) is 1. The highest BCUT2D eigenvalue weighted by Gasteiger charge is 2.30. The van der Waals surface area contributed by atoms with E-state index in [1.807, 2.05) is 0 Å². The van der Waals surface area contributed by atoms with Gasteiger partial charge in [-0.15, -0.1) is 0 Å². The van der Waals surface area contributed by atoms with Crippen molar-refractivity contribution in [2.75, 3.05) is 24.2 Å². The molecule has 8 heteroatoms. The maximum atomic E-state index is 12.0. The van der Waals surface area contributed by atoms with E-state index in [1.54, 1.807) is 0 Å². The van der Waals surface area contributed by atoms with E-state index >= 15 is 0 Å². The van der Waals surface area contributed by atoms with Gasteiger partial charge in [-0.1, -0.05) is 11.6 Å². The second-order valence-corrected chi connectivity index (χ2v) is 3.27. The summed E-state index contributed by atoms with van der Waals surface area (Å²) in [6.45, 7) is -1.13. The van der Waals surface area contributed by atoms with Gasteiger partial charge in [0.25, 0.3) is 0 Å². The standard InChI is InChI=1S/C7H8ClF3N4/c1-15(3-7(9,10)11)5-2-4(8)13-6(12)14-5/h2H,3H2,1H3,(H2,12,13,14). The van der Waals surface area contributed by atoms with Gasteiger partial charge >= 0.3 is 6.18 Å². The molecule has 0 aliphatic carbocycles. The Kier molecular flexibility index (Phi) is 3.23. The number of nitrogens with zero attached hydrogens (tertiary/aromatic N) is 3. The van der Waals surface area contributed by atoms with Crippen LogP contribution >= 0.6 is 11.6 Å². The van der Waals surface area contributed by atoms with Gasteiger partial charge in [0.15, 0.2) is 0 Å². The fourth-order valence-corrected chi connectivity index (χ4v) is 1.15. The Bertz CT molecular complexity index is 334. The topological polar surface area (TPSA) is 55.0 Å². The number of alkyl halides is 3. The van der Waals surface area contributed by atoms with Crippen LogP contribution in [0.3, 0.4) is 0 Å². The van der Waals surface area contributed by atoms with Crippen molar-refractivity contribution in [1.29, 1.82) is 0 Å². The molecular weight excluding hydrogens is 233 g/mol. The van der Waals surface area contributed by atoms with Crippen LogP contribution in [0.25, 0.3) is 0 Å². The van der Waals surface area contributed by atoms with Crippen molar-refractivity contribution in [3.05, 3.63) is 11.2 Å². The molecule has 0 radical (unpaired) electrons. The lowest BCUT2D eigenvalue weighted by atomic mass is 10.5. The molecule has 0 fully saturated rings. The molecule has 0 aliphatic rings. The van der Waals surface area contributed by atoms with Crippen LogP contribution in [0.1, 0.15) is 0 Å². The Labute approximate surface area is 88.9 Å². The molecule has 2 N–H and O–H groups in total. The summed E-state index contributed by atoms with van der Waals surface area (Å²) in [6.07, 6.45) is -4.30. The molecule has 0 amide bonds. The third-order valence-corrected chi connectivity index (χ3v) is 1.70. The van der Waals surface area contributed by atoms with Gasteiger partial charge in [-0.3, -0.25) is 0 Å². The third-order valence-electron chi connectivity index (χ3n) is 1.51. The number of rotatable bonds is 2. The first-order valence-corrected chi connectivity index (χ1v) is 4.23. The Morgan fingerprint density at radius 3 is 2.53 bits per heavy atom. The van der Waals surface area contributed by atoms with E-state index in [1.165, 1.54) is 13.1 Å². The van der Waals surface area contributed by atoms with E-state index < -0.39 is 12.7 Å². The molecule has 84 valence electrons.